The molecule has 344 valence electrons. The molecule has 0 aliphatic rings. The van der Waals surface area contributed by atoms with Crippen molar-refractivity contribution in [1.29, 1.82) is 0 Å². The van der Waals surface area contributed by atoms with Gasteiger partial charge >= 0.3 is 17.9 Å². The molecular formula is C52H100O6. The number of hydrogen-bond acceptors (Lipinski definition) is 6. The van der Waals surface area contributed by atoms with E-state index in [4.69, 9.17) is 14.2 Å². The molecule has 0 amide bonds. The van der Waals surface area contributed by atoms with E-state index >= 15 is 0 Å². The maximum absolute atomic E-state index is 12.7. The molecule has 0 saturated heterocycles. The van der Waals surface area contributed by atoms with Gasteiger partial charge in [-0.1, -0.05) is 252 Å². The number of esters is 3. The number of hydrogen-bond donors (Lipinski definition) is 0. The summed E-state index contributed by atoms with van der Waals surface area (Å²) in [6, 6.07) is 0. The van der Waals surface area contributed by atoms with E-state index in [0.29, 0.717) is 19.3 Å². The van der Waals surface area contributed by atoms with Crippen molar-refractivity contribution in [2.45, 2.75) is 297 Å². The molecule has 0 fully saturated rings. The number of unbranched alkanes of at least 4 members (excludes halogenated alkanes) is 34. The normalized spacial score (nSPS) is 11.9. The van der Waals surface area contributed by atoms with Crippen LogP contribution in [0.25, 0.3) is 0 Å². The van der Waals surface area contributed by atoms with Crippen molar-refractivity contribution >= 4 is 17.9 Å². The highest BCUT2D eigenvalue weighted by atomic mass is 16.6. The molecule has 1 atom stereocenters. The molecule has 0 heterocycles. The van der Waals surface area contributed by atoms with E-state index in [0.717, 1.165) is 63.7 Å². The maximum Gasteiger partial charge on any atom is 0.306 e. The Morgan fingerprint density at radius 2 is 0.569 bits per heavy atom. The molecule has 6 heteroatoms. The number of rotatable bonds is 47. The molecule has 0 rings (SSSR count). The van der Waals surface area contributed by atoms with E-state index in [1.165, 1.54) is 186 Å². The Hall–Kier alpha value is -1.59. The van der Waals surface area contributed by atoms with Crippen LogP contribution < -0.4 is 0 Å². The molecule has 0 unspecified atom stereocenters. The molecule has 0 aliphatic heterocycles. The second-order valence-corrected chi connectivity index (χ2v) is 18.3. The smallest absolute Gasteiger partial charge is 0.306 e. The van der Waals surface area contributed by atoms with Crippen molar-refractivity contribution < 1.29 is 28.6 Å². The zero-order chi connectivity index (χ0) is 42.4. The summed E-state index contributed by atoms with van der Waals surface area (Å²) >= 11 is 0. The first-order valence-electron chi connectivity index (χ1n) is 25.9. The Balaban J connectivity index is 4.21. The first-order chi connectivity index (χ1) is 28.4. The highest BCUT2D eigenvalue weighted by Gasteiger charge is 2.19. The standard InChI is InChI=1S/C52H100O6/c1-5-7-9-11-13-15-17-18-19-20-21-22-23-24-26-27-31-35-39-43-50(53)56-46-49(47-57-51(54)44-40-36-33-29-30-34-38-42-48(3)4)58-52(55)45-41-37-32-28-25-16-14-12-10-8-6-2/h48-49H,5-47H2,1-4H3/t49-/m1/s1. The number of ether oxygens (including phenoxy) is 3. The minimum atomic E-state index is -0.760. The number of carbonyl (C=O) groups excluding carboxylic acids is 3. The molecule has 0 spiro atoms. The van der Waals surface area contributed by atoms with E-state index in [1.54, 1.807) is 0 Å². The number of carbonyl (C=O) groups is 3. The van der Waals surface area contributed by atoms with Crippen LogP contribution in [0.5, 0.6) is 0 Å². The van der Waals surface area contributed by atoms with Crippen LogP contribution in [0, 0.1) is 5.92 Å². The van der Waals surface area contributed by atoms with E-state index in [9.17, 15) is 14.4 Å². The van der Waals surface area contributed by atoms with Gasteiger partial charge in [0.2, 0.25) is 0 Å². The minimum absolute atomic E-state index is 0.0634. The SMILES string of the molecule is CCCCCCCCCCCCCCCCCCCCCC(=O)OC[C@H](COC(=O)CCCCCCCCCC(C)C)OC(=O)CCCCCCCCCCCCC. The van der Waals surface area contributed by atoms with Crippen LogP contribution in [0.2, 0.25) is 0 Å². The molecular weight excluding hydrogens is 721 g/mol. The predicted octanol–water partition coefficient (Wildman–Crippen LogP) is 16.7. The van der Waals surface area contributed by atoms with Crippen molar-refractivity contribution in [3.63, 3.8) is 0 Å². The van der Waals surface area contributed by atoms with Crippen LogP contribution in [-0.2, 0) is 28.6 Å². The minimum Gasteiger partial charge on any atom is -0.462 e. The van der Waals surface area contributed by atoms with E-state index < -0.39 is 6.10 Å². The maximum atomic E-state index is 12.7. The van der Waals surface area contributed by atoms with Crippen LogP contribution in [0.1, 0.15) is 291 Å². The average Bonchev–Trinajstić information content (AvgIpc) is 3.21. The fourth-order valence-corrected chi connectivity index (χ4v) is 7.86. The fraction of sp³-hybridized carbons (Fsp3) is 0.942. The van der Waals surface area contributed by atoms with E-state index in [-0.39, 0.29) is 31.1 Å². The lowest BCUT2D eigenvalue weighted by atomic mass is 10.0. The lowest BCUT2D eigenvalue weighted by molar-refractivity contribution is -0.167. The Morgan fingerprint density at radius 3 is 0.845 bits per heavy atom. The molecule has 0 bridgehead atoms. The molecule has 0 saturated carbocycles. The molecule has 0 aromatic heterocycles. The topological polar surface area (TPSA) is 78.9 Å². The zero-order valence-electron chi connectivity index (χ0n) is 39.5. The quantitative estimate of drug-likeness (QED) is 0.0346. The Kier molecular flexibility index (Phi) is 45.2. The van der Waals surface area contributed by atoms with Crippen molar-refractivity contribution in [1.82, 2.24) is 0 Å². The van der Waals surface area contributed by atoms with Gasteiger partial charge in [0.15, 0.2) is 6.10 Å². The first-order valence-corrected chi connectivity index (χ1v) is 25.9. The van der Waals surface area contributed by atoms with Crippen molar-refractivity contribution in [3.8, 4) is 0 Å². The third-order valence-electron chi connectivity index (χ3n) is 11.8. The van der Waals surface area contributed by atoms with Gasteiger partial charge in [0.25, 0.3) is 0 Å². The lowest BCUT2D eigenvalue weighted by Crippen LogP contribution is -2.30. The summed E-state index contributed by atoms with van der Waals surface area (Å²) in [6.45, 7) is 8.97. The van der Waals surface area contributed by atoms with Crippen molar-refractivity contribution in [2.75, 3.05) is 13.2 Å². The summed E-state index contributed by atoms with van der Waals surface area (Å²) in [6.07, 6.45) is 48.2. The molecule has 0 aromatic rings. The Morgan fingerprint density at radius 1 is 0.328 bits per heavy atom. The van der Waals surface area contributed by atoms with Crippen LogP contribution in [0.15, 0.2) is 0 Å². The second kappa shape index (κ2) is 46.5. The molecule has 0 aliphatic carbocycles. The monoisotopic (exact) mass is 821 g/mol. The van der Waals surface area contributed by atoms with Gasteiger partial charge < -0.3 is 14.2 Å². The van der Waals surface area contributed by atoms with Crippen molar-refractivity contribution in [3.05, 3.63) is 0 Å². The fourth-order valence-electron chi connectivity index (χ4n) is 7.86. The van der Waals surface area contributed by atoms with Crippen molar-refractivity contribution in [2.24, 2.45) is 5.92 Å². The van der Waals surface area contributed by atoms with Gasteiger partial charge in [0.1, 0.15) is 13.2 Å². The van der Waals surface area contributed by atoms with E-state index in [1.807, 2.05) is 0 Å². The third-order valence-corrected chi connectivity index (χ3v) is 11.8. The molecule has 0 aromatic carbocycles. The Labute approximate surface area is 361 Å². The third kappa shape index (κ3) is 45.5. The van der Waals surface area contributed by atoms with Gasteiger partial charge in [0, 0.05) is 19.3 Å². The van der Waals surface area contributed by atoms with Crippen LogP contribution in [0.4, 0.5) is 0 Å². The molecule has 58 heavy (non-hydrogen) atoms. The summed E-state index contributed by atoms with van der Waals surface area (Å²) in [5.74, 6) is -0.0679. The molecule has 0 radical (unpaired) electrons. The van der Waals surface area contributed by atoms with Crippen LogP contribution in [-0.4, -0.2) is 37.2 Å². The summed E-state index contributed by atoms with van der Waals surface area (Å²) < 4.78 is 16.8. The van der Waals surface area contributed by atoms with Gasteiger partial charge in [-0.15, -0.1) is 0 Å². The summed E-state index contributed by atoms with van der Waals surface area (Å²) in [7, 11) is 0. The zero-order valence-corrected chi connectivity index (χ0v) is 39.5. The van der Waals surface area contributed by atoms with Crippen LogP contribution in [0.3, 0.4) is 0 Å². The van der Waals surface area contributed by atoms with Crippen LogP contribution >= 0.6 is 0 Å². The second-order valence-electron chi connectivity index (χ2n) is 18.3. The largest absolute Gasteiger partial charge is 0.462 e. The lowest BCUT2D eigenvalue weighted by Gasteiger charge is -2.18. The van der Waals surface area contributed by atoms with E-state index in [2.05, 4.69) is 27.7 Å². The predicted molar refractivity (Wildman–Crippen MR) is 247 cm³/mol. The van der Waals surface area contributed by atoms with Gasteiger partial charge in [-0.05, 0) is 25.2 Å². The van der Waals surface area contributed by atoms with Gasteiger partial charge in [-0.25, -0.2) is 0 Å². The summed E-state index contributed by atoms with van der Waals surface area (Å²) in [5, 5.41) is 0. The first kappa shape index (κ1) is 56.4. The summed E-state index contributed by atoms with van der Waals surface area (Å²) in [5.41, 5.74) is 0. The molecule has 6 nitrogen and oxygen atoms in total. The Bertz CT molecular complexity index is 872. The van der Waals surface area contributed by atoms with Gasteiger partial charge in [-0.2, -0.15) is 0 Å². The average molecular weight is 821 g/mol. The molecule has 0 N–H and O–H groups in total. The van der Waals surface area contributed by atoms with Gasteiger partial charge in [-0.3, -0.25) is 14.4 Å². The van der Waals surface area contributed by atoms with Gasteiger partial charge in [0.05, 0.1) is 0 Å². The highest BCUT2D eigenvalue weighted by molar-refractivity contribution is 5.71. The highest BCUT2D eigenvalue weighted by Crippen LogP contribution is 2.17. The summed E-state index contributed by atoms with van der Waals surface area (Å²) in [4.78, 5) is 37.8.